The molecule has 2 saturated carbocycles. The zero-order valence-electron chi connectivity index (χ0n) is 22.0. The number of hydroxylamine groups is 2. The molecule has 2 unspecified atom stereocenters. The van der Waals surface area contributed by atoms with Crippen LogP contribution in [0.1, 0.15) is 77.2 Å². The molecule has 3 aliphatic rings. The van der Waals surface area contributed by atoms with E-state index < -0.39 is 12.3 Å². The van der Waals surface area contributed by atoms with E-state index in [-0.39, 0.29) is 6.04 Å². The van der Waals surface area contributed by atoms with Crippen molar-refractivity contribution in [2.24, 2.45) is 11.8 Å². The monoisotopic (exact) mass is 539 g/mol. The molecule has 11 heteroatoms. The van der Waals surface area contributed by atoms with E-state index in [0.29, 0.717) is 35.0 Å². The van der Waals surface area contributed by atoms with Crippen molar-refractivity contribution in [3.63, 3.8) is 0 Å². The Morgan fingerprint density at radius 2 is 1.97 bits per heavy atom. The Morgan fingerprint density at radius 1 is 1.18 bits per heavy atom. The average molecular weight is 540 g/mol. The highest BCUT2D eigenvalue weighted by Gasteiger charge is 2.37. The third-order valence-corrected chi connectivity index (χ3v) is 8.18. The minimum Gasteiger partial charge on any atom is -0.351 e. The molecule has 38 heavy (non-hydrogen) atoms. The second kappa shape index (κ2) is 10.3. The predicted octanol–water partition coefficient (Wildman–Crippen LogP) is 5.70. The smallest absolute Gasteiger partial charge is 0.351 e. The zero-order chi connectivity index (χ0) is 26.4. The van der Waals surface area contributed by atoms with Crippen molar-refractivity contribution >= 4 is 34.7 Å². The van der Waals surface area contributed by atoms with Gasteiger partial charge in [0.1, 0.15) is 0 Å². The number of amides is 1. The first kappa shape index (κ1) is 25.3. The molecule has 3 aromatic rings. The number of halogens is 1. The Labute approximate surface area is 227 Å². The number of carbonyl (C=O) groups excluding carboxylic acids is 1. The largest absolute Gasteiger partial charge is 0.427 e. The molecule has 2 aliphatic carbocycles. The van der Waals surface area contributed by atoms with Crippen LogP contribution in [0.25, 0.3) is 22.3 Å². The van der Waals surface area contributed by atoms with Crippen molar-refractivity contribution in [3.05, 3.63) is 35.2 Å². The number of aromatic nitrogens is 4. The van der Waals surface area contributed by atoms with Crippen LogP contribution in [-0.2, 0) is 9.68 Å². The van der Waals surface area contributed by atoms with E-state index in [2.05, 4.69) is 34.2 Å². The van der Waals surface area contributed by atoms with Crippen molar-refractivity contribution in [3.8, 4) is 11.3 Å². The summed E-state index contributed by atoms with van der Waals surface area (Å²) in [6, 6.07) is 4.26. The summed E-state index contributed by atoms with van der Waals surface area (Å²) in [5.41, 5.74) is 6.46. The van der Waals surface area contributed by atoms with Gasteiger partial charge in [-0.05, 0) is 63.5 Å². The number of nitrogens with one attached hydrogen (secondary N) is 2. The summed E-state index contributed by atoms with van der Waals surface area (Å²) in [6.07, 6.45) is 9.18. The number of imidazole rings is 1. The maximum atomic E-state index is 11.8. The van der Waals surface area contributed by atoms with Gasteiger partial charge < -0.3 is 9.40 Å². The standard InChI is InChI=1S/C27H34ClN7O3/c1-4-37-35(20-9-10-20)26-31-21-12-22(25-32-27(36)38-33-25)30-23(18-11-19(28)14-29-13-18)24(21)34(26)16(3)17-7-5-15(2)6-8-17/h11-17,20,25,33H,4-10H2,1-3H3,(H,32,36). The minimum absolute atomic E-state index is 0.176. The summed E-state index contributed by atoms with van der Waals surface area (Å²) in [7, 11) is 0. The molecule has 2 atom stereocenters. The van der Waals surface area contributed by atoms with Crippen LogP contribution >= 0.6 is 11.6 Å². The molecule has 0 aromatic carbocycles. The van der Waals surface area contributed by atoms with E-state index in [0.717, 1.165) is 41.3 Å². The molecule has 3 fully saturated rings. The lowest BCUT2D eigenvalue weighted by Crippen LogP contribution is -2.31. The minimum atomic E-state index is -0.602. The van der Waals surface area contributed by atoms with Crippen LogP contribution in [0.2, 0.25) is 5.02 Å². The Balaban J connectivity index is 1.57. The van der Waals surface area contributed by atoms with Crippen LogP contribution in [0.15, 0.2) is 24.5 Å². The van der Waals surface area contributed by atoms with Gasteiger partial charge in [0, 0.05) is 24.0 Å². The van der Waals surface area contributed by atoms with Crippen LogP contribution in [0.3, 0.4) is 0 Å². The van der Waals surface area contributed by atoms with Gasteiger partial charge in [0.05, 0.1) is 40.1 Å². The third-order valence-electron chi connectivity index (χ3n) is 7.97. The van der Waals surface area contributed by atoms with E-state index in [1.54, 1.807) is 12.4 Å². The molecule has 1 saturated heterocycles. The molecule has 2 N–H and O–H groups in total. The molecule has 1 aliphatic heterocycles. The van der Waals surface area contributed by atoms with Crippen molar-refractivity contribution in [2.75, 3.05) is 11.7 Å². The maximum absolute atomic E-state index is 11.8. The van der Waals surface area contributed by atoms with Crippen molar-refractivity contribution in [2.45, 2.75) is 77.5 Å². The number of hydrogen-bond donors (Lipinski definition) is 2. The number of anilines is 1. The molecule has 10 nitrogen and oxygen atoms in total. The van der Waals surface area contributed by atoms with Crippen LogP contribution in [-0.4, -0.2) is 38.3 Å². The normalized spacial score (nSPS) is 24.3. The fourth-order valence-corrected chi connectivity index (χ4v) is 5.91. The molecule has 3 aromatic heterocycles. The highest BCUT2D eigenvalue weighted by atomic mass is 35.5. The number of carbonyl (C=O) groups is 1. The Bertz CT molecular complexity index is 1340. The van der Waals surface area contributed by atoms with Crippen molar-refractivity contribution in [1.29, 1.82) is 0 Å². The first-order valence-electron chi connectivity index (χ1n) is 13.6. The van der Waals surface area contributed by atoms with Crippen LogP contribution in [0.5, 0.6) is 0 Å². The summed E-state index contributed by atoms with van der Waals surface area (Å²) in [5, 5.41) is 5.27. The van der Waals surface area contributed by atoms with E-state index in [9.17, 15) is 4.79 Å². The summed E-state index contributed by atoms with van der Waals surface area (Å²) in [4.78, 5) is 37.5. The fraction of sp³-hybridized carbons (Fsp3) is 0.556. The topological polar surface area (TPSA) is 106 Å². The molecular formula is C27H34ClN7O3. The molecule has 6 rings (SSSR count). The van der Waals surface area contributed by atoms with Gasteiger partial charge in [-0.2, -0.15) is 0 Å². The van der Waals surface area contributed by atoms with Crippen LogP contribution in [0.4, 0.5) is 10.7 Å². The van der Waals surface area contributed by atoms with Gasteiger partial charge in [-0.3, -0.25) is 15.1 Å². The first-order valence-corrected chi connectivity index (χ1v) is 14.0. The summed E-state index contributed by atoms with van der Waals surface area (Å²) < 4.78 is 2.33. The average Bonchev–Trinajstić information content (AvgIpc) is 3.54. The number of rotatable bonds is 8. The quantitative estimate of drug-likeness (QED) is 0.351. The lowest BCUT2D eigenvalue weighted by Gasteiger charge is -2.34. The van der Waals surface area contributed by atoms with Gasteiger partial charge in [-0.1, -0.05) is 31.4 Å². The van der Waals surface area contributed by atoms with Gasteiger partial charge in [0.15, 0.2) is 6.17 Å². The van der Waals surface area contributed by atoms with E-state index >= 15 is 0 Å². The molecule has 0 spiro atoms. The number of nitrogens with zero attached hydrogens (tertiary/aromatic N) is 5. The van der Waals surface area contributed by atoms with E-state index in [4.69, 9.17) is 31.2 Å². The van der Waals surface area contributed by atoms with Gasteiger partial charge in [0.25, 0.3) is 0 Å². The van der Waals surface area contributed by atoms with Gasteiger partial charge in [-0.15, -0.1) is 5.48 Å². The molecule has 1 amide bonds. The second-order valence-corrected chi connectivity index (χ2v) is 11.2. The third kappa shape index (κ3) is 4.81. The van der Waals surface area contributed by atoms with Gasteiger partial charge in [0.2, 0.25) is 5.95 Å². The van der Waals surface area contributed by atoms with Crippen LogP contribution in [0, 0.1) is 11.8 Å². The van der Waals surface area contributed by atoms with E-state index in [1.165, 1.54) is 25.7 Å². The summed E-state index contributed by atoms with van der Waals surface area (Å²) >= 11 is 6.39. The Morgan fingerprint density at radius 3 is 2.63 bits per heavy atom. The lowest BCUT2D eigenvalue weighted by molar-refractivity contribution is 0.108. The van der Waals surface area contributed by atoms with Crippen molar-refractivity contribution in [1.82, 2.24) is 30.3 Å². The second-order valence-electron chi connectivity index (χ2n) is 10.8. The number of fused-ring (bicyclic) bond motifs is 1. The lowest BCUT2D eigenvalue weighted by atomic mass is 9.79. The summed E-state index contributed by atoms with van der Waals surface area (Å²) in [6.45, 7) is 7.20. The van der Waals surface area contributed by atoms with Crippen LogP contribution < -0.4 is 15.9 Å². The summed E-state index contributed by atoms with van der Waals surface area (Å²) in [5.74, 6) is 2.07. The Kier molecular flexibility index (Phi) is 6.88. The fourth-order valence-electron chi connectivity index (χ4n) is 5.74. The molecular weight excluding hydrogens is 506 g/mol. The maximum Gasteiger partial charge on any atom is 0.427 e. The van der Waals surface area contributed by atoms with Gasteiger partial charge in [-0.25, -0.2) is 19.8 Å². The van der Waals surface area contributed by atoms with E-state index in [1.807, 2.05) is 24.1 Å². The Hall–Kier alpha value is -2.95. The molecule has 202 valence electrons. The highest BCUT2D eigenvalue weighted by Crippen LogP contribution is 2.43. The number of pyridine rings is 2. The molecule has 4 heterocycles. The SMILES string of the molecule is CCON(c1nc2cc(C3NOC(=O)N3)nc(-c3cncc(Cl)c3)c2n1C(C)C1CCC(C)CC1)C1CC1. The first-order chi connectivity index (χ1) is 18.4. The number of hydrogen-bond acceptors (Lipinski definition) is 8. The highest BCUT2D eigenvalue weighted by molar-refractivity contribution is 6.30. The van der Waals surface area contributed by atoms with Gasteiger partial charge >= 0.3 is 6.09 Å². The predicted molar refractivity (Wildman–Crippen MR) is 144 cm³/mol. The molecule has 0 radical (unpaired) electrons. The zero-order valence-corrected chi connectivity index (χ0v) is 22.7. The molecule has 0 bridgehead atoms. The van der Waals surface area contributed by atoms with Crippen molar-refractivity contribution < 1.29 is 14.5 Å².